The summed E-state index contributed by atoms with van der Waals surface area (Å²) in [5, 5.41) is 0. The molecule has 1 aliphatic carbocycles. The second kappa shape index (κ2) is 5.11. The molecule has 19 heavy (non-hydrogen) atoms. The molecule has 1 saturated carbocycles. The molecule has 2 nitrogen and oxygen atoms in total. The average Bonchev–Trinajstić information content (AvgIpc) is 3.17. The van der Waals surface area contributed by atoms with Crippen LogP contribution in [0.2, 0.25) is 0 Å². The number of aryl methyl sites for hydroxylation is 1. The van der Waals surface area contributed by atoms with Gasteiger partial charge in [-0.1, -0.05) is 34.2 Å². The van der Waals surface area contributed by atoms with Crippen molar-refractivity contribution in [1.29, 1.82) is 0 Å². The first-order valence-corrected chi connectivity index (χ1v) is 8.12. The molecule has 1 heterocycles. The lowest BCUT2D eigenvalue weighted by Crippen LogP contribution is -1.98. The summed E-state index contributed by atoms with van der Waals surface area (Å²) in [5.74, 6) is 1.43. The van der Waals surface area contributed by atoms with Crippen LogP contribution in [0.3, 0.4) is 0 Å². The van der Waals surface area contributed by atoms with E-state index in [1.54, 1.807) is 0 Å². The SMILES string of the molecule is Cc1ccc(-c2nc(=S)c(Br)c(C3CC3)[nH]2)c(Br)c1. The summed E-state index contributed by atoms with van der Waals surface area (Å²) in [7, 11) is 0. The van der Waals surface area contributed by atoms with Crippen LogP contribution in [0.5, 0.6) is 0 Å². The molecule has 1 aromatic carbocycles. The number of aromatic amines is 1. The van der Waals surface area contributed by atoms with Crippen LogP contribution in [0.4, 0.5) is 0 Å². The zero-order chi connectivity index (χ0) is 13.6. The largest absolute Gasteiger partial charge is 0.342 e. The van der Waals surface area contributed by atoms with Gasteiger partial charge < -0.3 is 4.98 Å². The van der Waals surface area contributed by atoms with Crippen LogP contribution in [0.25, 0.3) is 11.4 Å². The molecule has 0 bridgehead atoms. The van der Waals surface area contributed by atoms with E-state index >= 15 is 0 Å². The minimum absolute atomic E-state index is 0.599. The third-order valence-electron chi connectivity index (χ3n) is 3.26. The Morgan fingerprint density at radius 2 is 2.05 bits per heavy atom. The fourth-order valence-corrected chi connectivity index (χ4v) is 3.46. The highest BCUT2D eigenvalue weighted by atomic mass is 79.9. The van der Waals surface area contributed by atoms with Crippen molar-refractivity contribution in [2.45, 2.75) is 25.7 Å². The van der Waals surface area contributed by atoms with Gasteiger partial charge in [-0.25, -0.2) is 4.98 Å². The Kier molecular flexibility index (Phi) is 3.62. The van der Waals surface area contributed by atoms with Crippen molar-refractivity contribution in [2.75, 3.05) is 0 Å². The Hall–Kier alpha value is -0.520. The molecule has 1 N–H and O–H groups in total. The fraction of sp³-hybridized carbons (Fsp3) is 0.286. The van der Waals surface area contributed by atoms with E-state index in [9.17, 15) is 0 Å². The van der Waals surface area contributed by atoms with Crippen LogP contribution in [0.15, 0.2) is 27.1 Å². The molecule has 0 radical (unpaired) electrons. The number of H-pyrrole nitrogens is 1. The summed E-state index contributed by atoms with van der Waals surface area (Å²) in [6, 6.07) is 6.24. The number of nitrogens with zero attached hydrogens (tertiary/aromatic N) is 1. The van der Waals surface area contributed by atoms with E-state index in [4.69, 9.17) is 12.2 Å². The van der Waals surface area contributed by atoms with Gasteiger partial charge in [0.25, 0.3) is 0 Å². The first-order valence-electron chi connectivity index (χ1n) is 6.12. The Labute approximate surface area is 133 Å². The summed E-state index contributed by atoms with van der Waals surface area (Å²) in [5.41, 5.74) is 3.45. The lowest BCUT2D eigenvalue weighted by molar-refractivity contribution is 0.972. The first kappa shape index (κ1) is 13.5. The molecule has 0 aliphatic heterocycles. The maximum Gasteiger partial charge on any atom is 0.144 e. The predicted octanol–water partition coefficient (Wildman–Crippen LogP) is 5.52. The van der Waals surface area contributed by atoms with Gasteiger partial charge in [-0.2, -0.15) is 0 Å². The minimum Gasteiger partial charge on any atom is -0.342 e. The fourth-order valence-electron chi connectivity index (χ4n) is 2.07. The zero-order valence-corrected chi connectivity index (χ0v) is 14.3. The van der Waals surface area contributed by atoms with E-state index in [2.05, 4.69) is 67.0 Å². The molecule has 1 aromatic heterocycles. The lowest BCUT2D eigenvalue weighted by atomic mass is 10.1. The van der Waals surface area contributed by atoms with E-state index in [-0.39, 0.29) is 0 Å². The van der Waals surface area contributed by atoms with E-state index in [0.29, 0.717) is 10.6 Å². The van der Waals surface area contributed by atoms with Crippen molar-refractivity contribution in [1.82, 2.24) is 9.97 Å². The first-order chi connectivity index (χ1) is 9.06. The van der Waals surface area contributed by atoms with Crippen molar-refractivity contribution >= 4 is 44.1 Å². The molecule has 98 valence electrons. The Balaban J connectivity index is 2.17. The van der Waals surface area contributed by atoms with Gasteiger partial charge in [-0.3, -0.25) is 0 Å². The van der Waals surface area contributed by atoms with E-state index in [1.165, 1.54) is 24.1 Å². The van der Waals surface area contributed by atoms with Crippen molar-refractivity contribution in [3.05, 3.63) is 43.0 Å². The molecule has 2 aromatic rings. The number of benzene rings is 1. The van der Waals surface area contributed by atoms with Gasteiger partial charge in [0.05, 0.1) is 4.47 Å². The summed E-state index contributed by atoms with van der Waals surface area (Å²) in [6.45, 7) is 2.07. The monoisotopic (exact) mass is 398 g/mol. The summed E-state index contributed by atoms with van der Waals surface area (Å²) >= 11 is 12.5. The van der Waals surface area contributed by atoms with Crippen molar-refractivity contribution in [3.63, 3.8) is 0 Å². The third-order valence-corrected chi connectivity index (χ3v) is 5.27. The second-order valence-corrected chi connectivity index (χ2v) is 6.91. The number of hydrogen-bond acceptors (Lipinski definition) is 2. The molecule has 5 heteroatoms. The average molecular weight is 400 g/mol. The zero-order valence-electron chi connectivity index (χ0n) is 10.3. The Morgan fingerprint density at radius 3 is 2.68 bits per heavy atom. The normalized spacial score (nSPS) is 14.7. The van der Waals surface area contributed by atoms with Gasteiger partial charge in [0, 0.05) is 21.6 Å². The Bertz CT molecular complexity index is 705. The molecular weight excluding hydrogens is 388 g/mol. The van der Waals surface area contributed by atoms with Gasteiger partial charge in [0.2, 0.25) is 0 Å². The number of nitrogens with one attached hydrogen (secondary N) is 1. The summed E-state index contributed by atoms with van der Waals surface area (Å²) in [4.78, 5) is 7.92. The van der Waals surface area contributed by atoms with Crippen LogP contribution in [0, 0.1) is 11.6 Å². The number of hydrogen-bond donors (Lipinski definition) is 1. The highest BCUT2D eigenvalue weighted by molar-refractivity contribution is 9.11. The highest BCUT2D eigenvalue weighted by Crippen LogP contribution is 2.43. The van der Waals surface area contributed by atoms with Gasteiger partial charge in [0.15, 0.2) is 0 Å². The Morgan fingerprint density at radius 1 is 1.32 bits per heavy atom. The third kappa shape index (κ3) is 2.69. The van der Waals surface area contributed by atoms with Crippen LogP contribution in [0.1, 0.15) is 30.0 Å². The van der Waals surface area contributed by atoms with E-state index in [1.807, 2.05) is 0 Å². The van der Waals surface area contributed by atoms with Crippen LogP contribution in [-0.2, 0) is 0 Å². The van der Waals surface area contributed by atoms with Crippen LogP contribution < -0.4 is 0 Å². The molecular formula is C14H12Br2N2S. The van der Waals surface area contributed by atoms with Gasteiger partial charge >= 0.3 is 0 Å². The van der Waals surface area contributed by atoms with Crippen LogP contribution >= 0.6 is 44.1 Å². The van der Waals surface area contributed by atoms with Crippen molar-refractivity contribution < 1.29 is 0 Å². The molecule has 1 fully saturated rings. The molecule has 0 unspecified atom stereocenters. The summed E-state index contributed by atoms with van der Waals surface area (Å²) in [6.07, 6.45) is 2.45. The van der Waals surface area contributed by atoms with E-state index < -0.39 is 0 Å². The standard InChI is InChI=1S/C14H12Br2N2S/c1-7-2-5-9(10(15)6-7)13-17-12(8-3-4-8)11(16)14(19)18-13/h2,5-6,8H,3-4H2,1H3,(H,17,18,19). The topological polar surface area (TPSA) is 28.7 Å². The van der Waals surface area contributed by atoms with Crippen molar-refractivity contribution in [3.8, 4) is 11.4 Å². The molecule has 0 saturated heterocycles. The predicted molar refractivity (Wildman–Crippen MR) is 87.0 cm³/mol. The van der Waals surface area contributed by atoms with Crippen molar-refractivity contribution in [2.24, 2.45) is 0 Å². The molecule has 0 atom stereocenters. The number of aromatic nitrogens is 2. The summed E-state index contributed by atoms with van der Waals surface area (Å²) < 4.78 is 2.61. The maximum atomic E-state index is 5.35. The molecule has 0 amide bonds. The highest BCUT2D eigenvalue weighted by Gasteiger charge is 2.27. The maximum absolute atomic E-state index is 5.35. The smallest absolute Gasteiger partial charge is 0.144 e. The molecule has 0 spiro atoms. The van der Waals surface area contributed by atoms with Crippen LogP contribution in [-0.4, -0.2) is 9.97 Å². The lowest BCUT2D eigenvalue weighted by Gasteiger charge is -2.09. The molecule has 1 aliphatic rings. The molecule has 3 rings (SSSR count). The van der Waals surface area contributed by atoms with Gasteiger partial charge in [-0.05, 0) is 53.4 Å². The van der Waals surface area contributed by atoms with E-state index in [0.717, 1.165) is 20.3 Å². The second-order valence-electron chi connectivity index (χ2n) is 4.88. The van der Waals surface area contributed by atoms with Gasteiger partial charge in [0.1, 0.15) is 10.5 Å². The minimum atomic E-state index is 0.599. The van der Waals surface area contributed by atoms with Gasteiger partial charge in [-0.15, -0.1) is 0 Å². The number of rotatable bonds is 2. The quantitative estimate of drug-likeness (QED) is 0.673. The number of halogens is 2.